The number of aliphatic hydroxyl groups excluding tert-OH is 1. The van der Waals surface area contributed by atoms with Crippen molar-refractivity contribution in [1.29, 1.82) is 0 Å². The maximum absolute atomic E-state index is 10.5. The van der Waals surface area contributed by atoms with Crippen molar-refractivity contribution < 1.29 is 9.84 Å². The van der Waals surface area contributed by atoms with Crippen LogP contribution in [0.4, 0.5) is 0 Å². The highest BCUT2D eigenvalue weighted by molar-refractivity contribution is 5.08. The van der Waals surface area contributed by atoms with Crippen molar-refractivity contribution in [3.63, 3.8) is 0 Å². The van der Waals surface area contributed by atoms with Crippen LogP contribution >= 0.6 is 0 Å². The van der Waals surface area contributed by atoms with Crippen LogP contribution in [0.15, 0.2) is 12.5 Å². The lowest BCUT2D eigenvalue weighted by Crippen LogP contribution is -2.42. The number of rotatable bonds is 3. The van der Waals surface area contributed by atoms with Gasteiger partial charge in [-0.2, -0.15) is 0 Å². The Labute approximate surface area is 95.2 Å². The molecule has 1 aromatic heterocycles. The van der Waals surface area contributed by atoms with Gasteiger partial charge in [0.05, 0.1) is 18.2 Å². The van der Waals surface area contributed by atoms with Crippen molar-refractivity contribution >= 4 is 0 Å². The molecule has 16 heavy (non-hydrogen) atoms. The molecule has 5 heteroatoms. The van der Waals surface area contributed by atoms with Gasteiger partial charge in [0.2, 0.25) is 0 Å². The van der Waals surface area contributed by atoms with Crippen LogP contribution in [-0.2, 0) is 11.8 Å². The van der Waals surface area contributed by atoms with Crippen molar-refractivity contribution in [3.05, 3.63) is 18.2 Å². The molecule has 1 aliphatic heterocycles. The number of hydrogen-bond donors (Lipinski definition) is 2. The molecule has 1 aliphatic rings. The maximum atomic E-state index is 10.5. The van der Waals surface area contributed by atoms with Crippen molar-refractivity contribution in [2.24, 2.45) is 18.2 Å². The summed E-state index contributed by atoms with van der Waals surface area (Å²) >= 11 is 0. The summed E-state index contributed by atoms with van der Waals surface area (Å²) in [6.45, 7) is 1.82. The summed E-state index contributed by atoms with van der Waals surface area (Å²) in [6, 6.07) is 0. The highest BCUT2D eigenvalue weighted by Crippen LogP contribution is 2.41. The third-order valence-electron chi connectivity index (χ3n) is 3.61. The smallest absolute Gasteiger partial charge is 0.102 e. The summed E-state index contributed by atoms with van der Waals surface area (Å²) in [6.07, 6.45) is 4.44. The number of aromatic nitrogens is 2. The summed E-state index contributed by atoms with van der Waals surface area (Å²) in [4.78, 5) is 4.03. The zero-order chi connectivity index (χ0) is 11.6. The lowest BCUT2D eigenvalue weighted by atomic mass is 9.74. The lowest BCUT2D eigenvalue weighted by molar-refractivity contribution is -0.0607. The molecule has 1 saturated heterocycles. The van der Waals surface area contributed by atoms with Gasteiger partial charge in [-0.05, 0) is 12.8 Å². The summed E-state index contributed by atoms with van der Waals surface area (Å²) < 4.78 is 7.18. The summed E-state index contributed by atoms with van der Waals surface area (Å²) in [5.74, 6) is 0. The molecule has 0 amide bonds. The standard InChI is InChI=1S/C11H19N3O2/c1-14-8-13-6-9(14)10(15)11(7-12)2-4-16-5-3-11/h6,8,10,15H,2-5,7,12H2,1H3. The zero-order valence-corrected chi connectivity index (χ0v) is 9.59. The first-order valence-electron chi connectivity index (χ1n) is 5.62. The molecule has 90 valence electrons. The van der Waals surface area contributed by atoms with Crippen LogP contribution in [0.3, 0.4) is 0 Å². The third-order valence-corrected chi connectivity index (χ3v) is 3.61. The van der Waals surface area contributed by atoms with E-state index < -0.39 is 6.10 Å². The summed E-state index contributed by atoms with van der Waals surface area (Å²) in [5.41, 5.74) is 6.42. The molecule has 0 aromatic carbocycles. The van der Waals surface area contributed by atoms with Gasteiger partial charge in [-0.3, -0.25) is 0 Å². The monoisotopic (exact) mass is 225 g/mol. The van der Waals surface area contributed by atoms with Crippen LogP contribution in [0.25, 0.3) is 0 Å². The Bertz CT molecular complexity index is 345. The SMILES string of the molecule is Cn1cncc1C(O)C1(CN)CCOCC1. The van der Waals surface area contributed by atoms with E-state index in [1.807, 2.05) is 11.6 Å². The molecule has 0 spiro atoms. The fourth-order valence-corrected chi connectivity index (χ4v) is 2.31. The fourth-order valence-electron chi connectivity index (χ4n) is 2.31. The van der Waals surface area contributed by atoms with Crippen LogP contribution in [0, 0.1) is 5.41 Å². The Kier molecular flexibility index (Phi) is 3.28. The van der Waals surface area contributed by atoms with E-state index >= 15 is 0 Å². The summed E-state index contributed by atoms with van der Waals surface area (Å²) in [5, 5.41) is 10.5. The predicted molar refractivity (Wildman–Crippen MR) is 59.7 cm³/mol. The normalized spacial score (nSPS) is 21.9. The highest BCUT2D eigenvalue weighted by atomic mass is 16.5. The Morgan fingerprint density at radius 1 is 1.62 bits per heavy atom. The van der Waals surface area contributed by atoms with E-state index in [-0.39, 0.29) is 5.41 Å². The van der Waals surface area contributed by atoms with Gasteiger partial charge in [0, 0.05) is 32.2 Å². The Hall–Kier alpha value is -0.910. The van der Waals surface area contributed by atoms with E-state index in [9.17, 15) is 5.11 Å². The molecule has 3 N–H and O–H groups in total. The second-order valence-electron chi connectivity index (χ2n) is 4.51. The molecule has 0 aliphatic carbocycles. The Morgan fingerprint density at radius 2 is 2.31 bits per heavy atom. The van der Waals surface area contributed by atoms with E-state index in [0.29, 0.717) is 19.8 Å². The number of nitrogens with two attached hydrogens (primary N) is 1. The van der Waals surface area contributed by atoms with Gasteiger partial charge >= 0.3 is 0 Å². The minimum Gasteiger partial charge on any atom is -0.386 e. The minimum atomic E-state index is -0.561. The minimum absolute atomic E-state index is 0.258. The highest BCUT2D eigenvalue weighted by Gasteiger charge is 2.40. The van der Waals surface area contributed by atoms with E-state index in [1.54, 1.807) is 12.5 Å². The van der Waals surface area contributed by atoms with Crippen molar-refractivity contribution in [2.45, 2.75) is 18.9 Å². The molecule has 1 aromatic rings. The topological polar surface area (TPSA) is 73.3 Å². The number of aryl methyl sites for hydroxylation is 1. The van der Waals surface area contributed by atoms with Crippen molar-refractivity contribution in [2.75, 3.05) is 19.8 Å². The Balaban J connectivity index is 2.24. The van der Waals surface area contributed by atoms with E-state index in [1.165, 1.54) is 0 Å². The van der Waals surface area contributed by atoms with Gasteiger partial charge in [0.25, 0.3) is 0 Å². The van der Waals surface area contributed by atoms with E-state index in [2.05, 4.69) is 4.98 Å². The molecule has 5 nitrogen and oxygen atoms in total. The lowest BCUT2D eigenvalue weighted by Gasteiger charge is -2.40. The van der Waals surface area contributed by atoms with Crippen molar-refractivity contribution in [1.82, 2.24) is 9.55 Å². The predicted octanol–water partition coefficient (Wildman–Crippen LogP) is 0.209. The average Bonchev–Trinajstić information content (AvgIpc) is 2.75. The van der Waals surface area contributed by atoms with Crippen LogP contribution < -0.4 is 5.73 Å². The molecule has 1 atom stereocenters. The quantitative estimate of drug-likeness (QED) is 0.771. The molecular weight excluding hydrogens is 206 g/mol. The number of aliphatic hydroxyl groups is 1. The number of ether oxygens (including phenoxy) is 1. The van der Waals surface area contributed by atoms with Crippen LogP contribution in [-0.4, -0.2) is 34.4 Å². The largest absolute Gasteiger partial charge is 0.386 e. The number of hydrogen-bond acceptors (Lipinski definition) is 4. The second kappa shape index (κ2) is 4.53. The van der Waals surface area contributed by atoms with Gasteiger partial charge in [0.1, 0.15) is 6.10 Å². The average molecular weight is 225 g/mol. The fraction of sp³-hybridized carbons (Fsp3) is 0.727. The molecule has 1 unspecified atom stereocenters. The van der Waals surface area contributed by atoms with E-state index in [4.69, 9.17) is 10.5 Å². The summed E-state index contributed by atoms with van der Waals surface area (Å²) in [7, 11) is 1.88. The van der Waals surface area contributed by atoms with Gasteiger partial charge in [-0.1, -0.05) is 0 Å². The molecule has 2 heterocycles. The van der Waals surface area contributed by atoms with Crippen LogP contribution in [0.1, 0.15) is 24.6 Å². The van der Waals surface area contributed by atoms with Gasteiger partial charge in [-0.15, -0.1) is 0 Å². The molecule has 0 radical (unpaired) electrons. The van der Waals surface area contributed by atoms with Crippen LogP contribution in [0.2, 0.25) is 0 Å². The van der Waals surface area contributed by atoms with Crippen LogP contribution in [0.5, 0.6) is 0 Å². The third kappa shape index (κ3) is 1.86. The Morgan fingerprint density at radius 3 is 2.81 bits per heavy atom. The molecule has 0 bridgehead atoms. The molecule has 0 saturated carbocycles. The molecule has 1 fully saturated rings. The first-order chi connectivity index (χ1) is 7.69. The van der Waals surface area contributed by atoms with Crippen molar-refractivity contribution in [3.8, 4) is 0 Å². The maximum Gasteiger partial charge on any atom is 0.102 e. The zero-order valence-electron chi connectivity index (χ0n) is 9.59. The first-order valence-corrected chi connectivity index (χ1v) is 5.62. The molecular formula is C11H19N3O2. The number of imidazole rings is 1. The molecule has 2 rings (SSSR count). The number of nitrogens with zero attached hydrogens (tertiary/aromatic N) is 2. The van der Waals surface area contributed by atoms with E-state index in [0.717, 1.165) is 18.5 Å². The van der Waals surface area contributed by atoms with Gasteiger partial charge < -0.3 is 20.1 Å². The van der Waals surface area contributed by atoms with Gasteiger partial charge in [0.15, 0.2) is 0 Å². The second-order valence-corrected chi connectivity index (χ2v) is 4.51. The first kappa shape index (κ1) is 11.6. The van der Waals surface area contributed by atoms with Gasteiger partial charge in [-0.25, -0.2) is 4.98 Å².